The van der Waals surface area contributed by atoms with Crippen LogP contribution in [-0.2, 0) is 14.3 Å². The number of alkyl halides is 2. The van der Waals surface area contributed by atoms with E-state index in [0.717, 1.165) is 44.9 Å². The molecule has 6 atom stereocenters. The predicted octanol–water partition coefficient (Wildman–Crippen LogP) is 4.31. The van der Waals surface area contributed by atoms with Gasteiger partial charge in [-0.15, -0.1) is 0 Å². The molecule has 4 rings (SSSR count). The molecule has 4 aliphatic rings. The van der Waals surface area contributed by atoms with Crippen molar-refractivity contribution in [2.45, 2.75) is 64.3 Å². The highest BCUT2D eigenvalue weighted by Gasteiger charge is 2.67. The van der Waals surface area contributed by atoms with Gasteiger partial charge in [0, 0.05) is 24.8 Å². The first-order chi connectivity index (χ1) is 12.8. The van der Waals surface area contributed by atoms with Gasteiger partial charge in [-0.2, -0.15) is 0 Å². The molecule has 4 aliphatic carbocycles. The summed E-state index contributed by atoms with van der Waals surface area (Å²) in [5.41, 5.74) is 0.996. The zero-order valence-electron chi connectivity index (χ0n) is 15.4. The largest absolute Gasteiger partial charge is 0.459 e. The van der Waals surface area contributed by atoms with Crippen LogP contribution in [0.25, 0.3) is 0 Å². The lowest BCUT2D eigenvalue weighted by molar-refractivity contribution is -0.156. The van der Waals surface area contributed by atoms with Crippen LogP contribution in [0.5, 0.6) is 0 Å². The second-order valence-electron chi connectivity index (χ2n) is 8.67. The molecule has 0 heterocycles. The van der Waals surface area contributed by atoms with Crippen molar-refractivity contribution in [3.05, 3.63) is 24.3 Å². The lowest BCUT2D eigenvalue weighted by Gasteiger charge is -2.61. The number of carbonyl (C=O) groups is 2. The summed E-state index contributed by atoms with van der Waals surface area (Å²) >= 11 is 5.32. The maximum atomic E-state index is 12.0. The van der Waals surface area contributed by atoms with Gasteiger partial charge in [0.05, 0.1) is 6.61 Å². The lowest BCUT2D eigenvalue weighted by Crippen LogP contribution is -2.62. The third-order valence-electron chi connectivity index (χ3n) is 7.76. The lowest BCUT2D eigenvalue weighted by atomic mass is 9.51. The third-order valence-corrected chi connectivity index (χ3v) is 11.8. The van der Waals surface area contributed by atoms with Crippen LogP contribution in [0, 0.1) is 17.3 Å². The minimum atomic E-state index is -0.386. The zero-order chi connectivity index (χ0) is 19.4. The number of allylic oxidation sites excluding steroid dienone is 1. The van der Waals surface area contributed by atoms with E-state index in [-0.39, 0.29) is 36.7 Å². The molecule has 148 valence electrons. The molecule has 0 spiro atoms. The Morgan fingerprint density at radius 2 is 2.00 bits per heavy atom. The molecule has 27 heavy (non-hydrogen) atoms. The van der Waals surface area contributed by atoms with Crippen molar-refractivity contribution in [2.75, 3.05) is 6.61 Å². The van der Waals surface area contributed by atoms with E-state index in [1.54, 1.807) is 0 Å². The summed E-state index contributed by atoms with van der Waals surface area (Å²) in [6, 6.07) is 0. The van der Waals surface area contributed by atoms with E-state index in [0.29, 0.717) is 18.3 Å². The Morgan fingerprint density at radius 3 is 2.70 bits per heavy atom. The minimum absolute atomic E-state index is 0.0581. The van der Waals surface area contributed by atoms with Crippen molar-refractivity contribution in [1.29, 1.82) is 0 Å². The Bertz CT molecular complexity index is 719. The number of esters is 1. The van der Waals surface area contributed by atoms with E-state index < -0.39 is 0 Å². The molecule has 0 aliphatic heterocycles. The van der Waals surface area contributed by atoms with Gasteiger partial charge in [0.1, 0.15) is 6.10 Å². The van der Waals surface area contributed by atoms with Gasteiger partial charge in [-0.05, 0) is 62.9 Å². The molecule has 0 saturated heterocycles. The fourth-order valence-corrected chi connectivity index (χ4v) is 10.7. The summed E-state index contributed by atoms with van der Waals surface area (Å²) in [6.07, 6.45) is 10.2. The highest BCUT2D eigenvalue weighted by Crippen LogP contribution is 2.69. The zero-order valence-corrected chi connectivity index (χ0v) is 19.7. The van der Waals surface area contributed by atoms with Gasteiger partial charge in [0.15, 0.2) is 5.78 Å². The van der Waals surface area contributed by atoms with Gasteiger partial charge >= 0.3 is 5.97 Å². The van der Waals surface area contributed by atoms with Crippen LogP contribution in [-0.4, -0.2) is 36.4 Å². The summed E-state index contributed by atoms with van der Waals surface area (Å²) in [4.78, 5) is 23.9. The van der Waals surface area contributed by atoms with Crippen LogP contribution in [0.2, 0.25) is 0 Å². The number of hydrogen-bond donors (Lipinski definition) is 1. The first kappa shape index (κ1) is 20.3. The molecular weight excluding hydrogens is 570 g/mol. The topological polar surface area (TPSA) is 63.6 Å². The Balaban J connectivity index is 1.69. The van der Waals surface area contributed by atoms with Crippen molar-refractivity contribution in [2.24, 2.45) is 17.3 Å². The van der Waals surface area contributed by atoms with E-state index in [1.807, 2.05) is 6.08 Å². The highest BCUT2D eigenvalue weighted by molar-refractivity contribution is 14.1. The number of aliphatic hydroxyl groups excluding tert-OH is 1. The molecule has 0 radical (unpaired) electrons. The van der Waals surface area contributed by atoms with Crippen LogP contribution in [0.3, 0.4) is 0 Å². The monoisotopic (exact) mass is 596 g/mol. The van der Waals surface area contributed by atoms with Gasteiger partial charge in [-0.1, -0.05) is 57.3 Å². The maximum absolute atomic E-state index is 12.0. The van der Waals surface area contributed by atoms with Crippen LogP contribution < -0.4 is 0 Å². The summed E-state index contributed by atoms with van der Waals surface area (Å²) in [5.74, 6) is 0.722. The molecule has 6 heteroatoms. The molecule has 4 nitrogen and oxygen atoms in total. The average Bonchev–Trinajstić information content (AvgIpc) is 3.02. The SMILES string of the molecule is C=CC(=O)OC1CCC2C3(I)CCC4=CC(=O)CCC4(I)C3CCC12CO. The maximum Gasteiger partial charge on any atom is 0.330 e. The first-order valence-corrected chi connectivity index (χ1v) is 12.0. The van der Waals surface area contributed by atoms with Gasteiger partial charge in [0.25, 0.3) is 0 Å². The minimum Gasteiger partial charge on any atom is -0.459 e. The number of ketones is 1. The number of ether oxygens (including phenoxy) is 1. The van der Waals surface area contributed by atoms with Crippen molar-refractivity contribution in [3.63, 3.8) is 0 Å². The summed E-state index contributed by atoms with van der Waals surface area (Å²) in [5, 5.41) is 10.5. The quantitative estimate of drug-likeness (QED) is 0.229. The molecular formula is C21H26I2O4. The Hall–Kier alpha value is 0.0400. The molecule has 3 saturated carbocycles. The van der Waals surface area contributed by atoms with Gasteiger partial charge in [-0.3, -0.25) is 4.79 Å². The molecule has 0 aromatic heterocycles. The van der Waals surface area contributed by atoms with Crippen LogP contribution in [0.4, 0.5) is 0 Å². The number of halogens is 2. The summed E-state index contributed by atoms with van der Waals surface area (Å²) in [6.45, 7) is 3.59. The van der Waals surface area contributed by atoms with Crippen LogP contribution in [0.1, 0.15) is 51.4 Å². The Labute approximate surface area is 187 Å². The molecule has 0 amide bonds. The molecule has 0 aromatic carbocycles. The standard InChI is InChI=1S/C21H26I2O4/c1-2-18(26)27-17-4-3-15-19(17,12-24)8-7-16-20(22)10-6-14(25)11-13(20)5-9-21(15,16)23/h2,11,15-17,24H,1,3-10,12H2. The van der Waals surface area contributed by atoms with Gasteiger partial charge < -0.3 is 9.84 Å². The predicted molar refractivity (Wildman–Crippen MR) is 120 cm³/mol. The average molecular weight is 596 g/mol. The Kier molecular flexibility index (Phi) is 5.32. The number of carbonyl (C=O) groups excluding carboxylic acids is 2. The van der Waals surface area contributed by atoms with E-state index >= 15 is 0 Å². The van der Waals surface area contributed by atoms with Gasteiger partial charge in [0.2, 0.25) is 0 Å². The first-order valence-electron chi connectivity index (χ1n) is 9.86. The van der Waals surface area contributed by atoms with E-state index in [9.17, 15) is 14.7 Å². The Morgan fingerprint density at radius 1 is 1.22 bits per heavy atom. The number of rotatable bonds is 3. The third kappa shape index (κ3) is 2.90. The smallest absolute Gasteiger partial charge is 0.330 e. The molecule has 0 bridgehead atoms. The molecule has 6 unspecified atom stereocenters. The van der Waals surface area contributed by atoms with Gasteiger partial charge in [-0.25, -0.2) is 4.79 Å². The normalized spacial score (nSPS) is 46.0. The van der Waals surface area contributed by atoms with E-state index in [4.69, 9.17) is 4.74 Å². The van der Waals surface area contributed by atoms with Crippen molar-refractivity contribution >= 4 is 56.9 Å². The van der Waals surface area contributed by atoms with Crippen molar-refractivity contribution < 1.29 is 19.4 Å². The van der Waals surface area contributed by atoms with Crippen molar-refractivity contribution in [1.82, 2.24) is 0 Å². The molecule has 3 fully saturated rings. The second-order valence-corrected chi connectivity index (χ2v) is 12.6. The highest BCUT2D eigenvalue weighted by atomic mass is 127. The van der Waals surface area contributed by atoms with E-state index in [1.165, 1.54) is 11.6 Å². The number of hydrogen-bond acceptors (Lipinski definition) is 4. The van der Waals surface area contributed by atoms with E-state index in [2.05, 4.69) is 51.8 Å². The van der Waals surface area contributed by atoms with Crippen molar-refractivity contribution in [3.8, 4) is 0 Å². The fourth-order valence-electron chi connectivity index (χ4n) is 6.54. The summed E-state index contributed by atoms with van der Waals surface area (Å²) < 4.78 is 5.85. The fraction of sp³-hybridized carbons (Fsp3) is 0.714. The number of aliphatic hydroxyl groups is 1. The van der Waals surface area contributed by atoms with Crippen LogP contribution >= 0.6 is 45.2 Å². The second kappa shape index (κ2) is 7.07. The summed E-state index contributed by atoms with van der Waals surface area (Å²) in [7, 11) is 0. The molecule has 0 aromatic rings. The molecule has 1 N–H and O–H groups in total. The van der Waals surface area contributed by atoms with Crippen LogP contribution in [0.15, 0.2) is 24.3 Å². The number of fused-ring (bicyclic) bond motifs is 5.